The number of piperidine rings is 1. The van der Waals surface area contributed by atoms with E-state index < -0.39 is 0 Å². The van der Waals surface area contributed by atoms with Crippen LogP contribution in [0.15, 0.2) is 0 Å². The number of nitrogens with one attached hydrogen (secondary N) is 1. The molecule has 2 aromatic rings. The second kappa shape index (κ2) is 10.0. The fraction of sp³-hybridized carbons (Fsp3) is 0.762. The Morgan fingerprint density at radius 3 is 2.50 bits per heavy atom. The normalized spacial score (nSPS) is 15.8. The number of aryl methyl sites for hydroxylation is 3. The van der Waals surface area contributed by atoms with Crippen LogP contribution in [0, 0.1) is 6.92 Å². The number of rotatable bonds is 10. The van der Waals surface area contributed by atoms with Gasteiger partial charge in [0, 0.05) is 6.42 Å². The average Bonchev–Trinajstić information content (AvgIpc) is 3.07. The molecule has 144 valence electrons. The fourth-order valence-electron chi connectivity index (χ4n) is 3.94. The van der Waals surface area contributed by atoms with Crippen LogP contribution in [0.25, 0.3) is 11.0 Å². The third-order valence-electron chi connectivity index (χ3n) is 5.55. The molecular weight excluding hydrogens is 322 g/mol. The van der Waals surface area contributed by atoms with E-state index in [4.69, 9.17) is 4.98 Å². The summed E-state index contributed by atoms with van der Waals surface area (Å²) < 4.78 is 0. The highest BCUT2D eigenvalue weighted by Gasteiger charge is 2.12. The maximum Gasteiger partial charge on any atom is 0.132 e. The molecular formula is C21H35N5. The van der Waals surface area contributed by atoms with Gasteiger partial charge in [-0.05, 0) is 65.1 Å². The minimum Gasteiger partial charge on any atom is -0.303 e. The van der Waals surface area contributed by atoms with Gasteiger partial charge in [-0.1, -0.05) is 32.6 Å². The lowest BCUT2D eigenvalue weighted by Crippen LogP contribution is -2.30. The Morgan fingerprint density at radius 2 is 1.69 bits per heavy atom. The molecule has 0 unspecified atom stereocenters. The monoisotopic (exact) mass is 357 g/mol. The van der Waals surface area contributed by atoms with Gasteiger partial charge >= 0.3 is 0 Å². The summed E-state index contributed by atoms with van der Waals surface area (Å²) in [4.78, 5) is 12.1. The Bertz CT molecular complexity index is 672. The zero-order valence-electron chi connectivity index (χ0n) is 16.7. The fourth-order valence-corrected chi connectivity index (χ4v) is 3.94. The molecule has 3 rings (SSSR count). The molecule has 0 amide bonds. The molecule has 1 saturated heterocycles. The van der Waals surface area contributed by atoms with Gasteiger partial charge in [-0.25, -0.2) is 9.97 Å². The largest absolute Gasteiger partial charge is 0.303 e. The summed E-state index contributed by atoms with van der Waals surface area (Å²) in [5, 5.41) is 7.68. The van der Waals surface area contributed by atoms with Crippen molar-refractivity contribution in [2.24, 2.45) is 0 Å². The zero-order chi connectivity index (χ0) is 18.2. The van der Waals surface area contributed by atoms with Gasteiger partial charge in [-0.3, -0.25) is 5.10 Å². The molecule has 1 N–H and O–H groups in total. The van der Waals surface area contributed by atoms with Crippen molar-refractivity contribution in [1.82, 2.24) is 25.1 Å². The van der Waals surface area contributed by atoms with Gasteiger partial charge in [0.05, 0.1) is 11.4 Å². The smallest absolute Gasteiger partial charge is 0.132 e. The van der Waals surface area contributed by atoms with Crippen LogP contribution in [0.2, 0.25) is 0 Å². The van der Waals surface area contributed by atoms with E-state index in [2.05, 4.69) is 27.0 Å². The predicted octanol–water partition coefficient (Wildman–Crippen LogP) is 4.59. The molecule has 3 heterocycles. The van der Waals surface area contributed by atoms with Crippen LogP contribution in [0.4, 0.5) is 0 Å². The molecule has 26 heavy (non-hydrogen) atoms. The molecule has 1 fully saturated rings. The molecule has 0 spiro atoms. The van der Waals surface area contributed by atoms with Crippen molar-refractivity contribution in [3.8, 4) is 0 Å². The zero-order valence-corrected chi connectivity index (χ0v) is 16.7. The van der Waals surface area contributed by atoms with Crippen molar-refractivity contribution in [2.45, 2.75) is 84.5 Å². The highest BCUT2D eigenvalue weighted by molar-refractivity contribution is 5.78. The summed E-state index contributed by atoms with van der Waals surface area (Å²) in [5.74, 6) is 0.973. The van der Waals surface area contributed by atoms with E-state index in [9.17, 15) is 0 Å². The molecule has 0 radical (unpaired) electrons. The highest BCUT2D eigenvalue weighted by Crippen LogP contribution is 2.19. The van der Waals surface area contributed by atoms with Crippen LogP contribution in [-0.2, 0) is 12.8 Å². The molecule has 0 aliphatic carbocycles. The van der Waals surface area contributed by atoms with E-state index >= 15 is 0 Å². The second-order valence-corrected chi connectivity index (χ2v) is 7.79. The summed E-state index contributed by atoms with van der Waals surface area (Å²) in [6.07, 6.45) is 13.7. The molecule has 5 heteroatoms. The first-order chi connectivity index (χ1) is 12.8. The summed E-state index contributed by atoms with van der Waals surface area (Å²) in [6.45, 7) is 8.18. The highest BCUT2D eigenvalue weighted by atomic mass is 15.1. The number of aromatic amines is 1. The topological polar surface area (TPSA) is 57.7 Å². The molecule has 1 aliphatic rings. The van der Waals surface area contributed by atoms with Crippen molar-refractivity contribution in [2.75, 3.05) is 19.6 Å². The van der Waals surface area contributed by atoms with E-state index in [1.807, 2.05) is 6.92 Å². The van der Waals surface area contributed by atoms with Crippen LogP contribution in [-0.4, -0.2) is 44.7 Å². The van der Waals surface area contributed by atoms with Crippen molar-refractivity contribution >= 4 is 11.0 Å². The Morgan fingerprint density at radius 1 is 0.885 bits per heavy atom. The first-order valence-corrected chi connectivity index (χ1v) is 10.7. The van der Waals surface area contributed by atoms with Gasteiger partial charge in [-0.2, -0.15) is 5.10 Å². The Balaban J connectivity index is 1.45. The van der Waals surface area contributed by atoms with Crippen molar-refractivity contribution in [3.63, 3.8) is 0 Å². The Kier molecular flexibility index (Phi) is 7.42. The van der Waals surface area contributed by atoms with Crippen LogP contribution < -0.4 is 0 Å². The van der Waals surface area contributed by atoms with Gasteiger partial charge in [-0.15, -0.1) is 0 Å². The van der Waals surface area contributed by atoms with E-state index in [1.165, 1.54) is 76.7 Å². The number of H-pyrrole nitrogens is 1. The number of hydrogen-bond donors (Lipinski definition) is 1. The van der Waals surface area contributed by atoms with Crippen molar-refractivity contribution < 1.29 is 0 Å². The first kappa shape index (κ1) is 19.3. The van der Waals surface area contributed by atoms with Crippen molar-refractivity contribution in [1.29, 1.82) is 0 Å². The number of aromatic nitrogens is 4. The van der Waals surface area contributed by atoms with Crippen LogP contribution in [0.1, 0.15) is 81.9 Å². The van der Waals surface area contributed by atoms with E-state index in [0.717, 1.165) is 41.8 Å². The SMILES string of the molecule is CCCCc1nc(C)c2n[nH]c(CCCCCCN3CCCCC3)c2n1. The van der Waals surface area contributed by atoms with E-state index in [-0.39, 0.29) is 0 Å². The van der Waals surface area contributed by atoms with Gasteiger partial charge in [0.2, 0.25) is 0 Å². The Hall–Kier alpha value is -1.49. The van der Waals surface area contributed by atoms with Gasteiger partial charge in [0.15, 0.2) is 0 Å². The lowest BCUT2D eigenvalue weighted by molar-refractivity contribution is 0.224. The molecule has 0 saturated carbocycles. The van der Waals surface area contributed by atoms with E-state index in [1.54, 1.807) is 0 Å². The average molecular weight is 358 g/mol. The standard InChI is InChI=1S/C21H35N5/c1-3-4-13-19-22-17(2)20-21(23-19)18(24-25-20)12-8-5-6-9-14-26-15-10-7-11-16-26/h3-16H2,1-2H3,(H,24,25). The molecule has 0 atom stereocenters. The van der Waals surface area contributed by atoms with Gasteiger partial charge in [0.25, 0.3) is 0 Å². The molecule has 1 aliphatic heterocycles. The molecule has 0 aromatic carbocycles. The van der Waals surface area contributed by atoms with E-state index in [0.29, 0.717) is 0 Å². The third-order valence-corrected chi connectivity index (χ3v) is 5.55. The number of nitrogens with zero attached hydrogens (tertiary/aromatic N) is 4. The van der Waals surface area contributed by atoms with Crippen molar-refractivity contribution in [3.05, 3.63) is 17.2 Å². The van der Waals surface area contributed by atoms with Crippen LogP contribution in [0.5, 0.6) is 0 Å². The first-order valence-electron chi connectivity index (χ1n) is 10.7. The lowest BCUT2D eigenvalue weighted by atomic mass is 10.1. The minimum absolute atomic E-state index is 0.949. The van der Waals surface area contributed by atoms with Crippen LogP contribution >= 0.6 is 0 Å². The third kappa shape index (κ3) is 5.26. The molecule has 5 nitrogen and oxygen atoms in total. The van der Waals surface area contributed by atoms with Crippen LogP contribution in [0.3, 0.4) is 0 Å². The van der Waals surface area contributed by atoms with Gasteiger partial charge in [0.1, 0.15) is 16.9 Å². The summed E-state index contributed by atoms with van der Waals surface area (Å²) >= 11 is 0. The molecule has 2 aromatic heterocycles. The summed E-state index contributed by atoms with van der Waals surface area (Å²) in [7, 11) is 0. The van der Waals surface area contributed by atoms with Gasteiger partial charge < -0.3 is 4.90 Å². The molecule has 0 bridgehead atoms. The summed E-state index contributed by atoms with van der Waals surface area (Å²) in [5.41, 5.74) is 4.20. The number of unbranched alkanes of at least 4 members (excludes halogenated alkanes) is 4. The quantitative estimate of drug-likeness (QED) is 0.632. The lowest BCUT2D eigenvalue weighted by Gasteiger charge is -2.26. The maximum atomic E-state index is 4.80. The number of hydrogen-bond acceptors (Lipinski definition) is 4. The number of likely N-dealkylation sites (tertiary alicyclic amines) is 1. The summed E-state index contributed by atoms with van der Waals surface area (Å²) in [6, 6.07) is 0. The second-order valence-electron chi connectivity index (χ2n) is 7.79. The minimum atomic E-state index is 0.949. The predicted molar refractivity (Wildman–Crippen MR) is 107 cm³/mol. The maximum absolute atomic E-state index is 4.80. The number of fused-ring (bicyclic) bond motifs is 1. The Labute approximate surface area is 158 Å².